The number of carbonyl (C=O) groups is 2. The molecule has 108 valence electrons. The number of amides is 2. The maximum absolute atomic E-state index is 11.7. The van der Waals surface area contributed by atoms with Crippen molar-refractivity contribution in [2.24, 2.45) is 5.41 Å². The number of nitrogens with one attached hydrogen (secondary N) is 2. The van der Waals surface area contributed by atoms with Gasteiger partial charge in [0.25, 0.3) is 0 Å². The lowest BCUT2D eigenvalue weighted by Crippen LogP contribution is -2.49. The summed E-state index contributed by atoms with van der Waals surface area (Å²) in [6, 6.07) is 7.57. The summed E-state index contributed by atoms with van der Waals surface area (Å²) in [6.45, 7) is 2.64. The fourth-order valence-corrected chi connectivity index (χ4v) is 2.27. The average Bonchev–Trinajstić information content (AvgIpc) is 2.36. The molecule has 0 spiro atoms. The van der Waals surface area contributed by atoms with Gasteiger partial charge in [0.05, 0.1) is 5.41 Å². The molecule has 1 aliphatic carbocycles. The minimum atomic E-state index is -0.817. The Morgan fingerprint density at radius 2 is 1.85 bits per heavy atom. The molecule has 2 amide bonds. The van der Waals surface area contributed by atoms with Crippen molar-refractivity contribution >= 4 is 12.0 Å². The van der Waals surface area contributed by atoms with Gasteiger partial charge in [0.2, 0.25) is 0 Å². The van der Waals surface area contributed by atoms with Gasteiger partial charge in [-0.15, -0.1) is 0 Å². The Morgan fingerprint density at radius 3 is 2.35 bits per heavy atom. The fourth-order valence-electron chi connectivity index (χ4n) is 2.27. The van der Waals surface area contributed by atoms with Crippen molar-refractivity contribution in [2.45, 2.75) is 32.7 Å². The zero-order valence-electron chi connectivity index (χ0n) is 11.6. The normalized spacial score (nSPS) is 16.1. The van der Waals surface area contributed by atoms with Gasteiger partial charge in [-0.2, -0.15) is 0 Å². The van der Waals surface area contributed by atoms with Gasteiger partial charge in [-0.3, -0.25) is 4.79 Å². The van der Waals surface area contributed by atoms with Crippen LogP contribution in [0.4, 0.5) is 4.79 Å². The number of hydrogen-bond donors (Lipinski definition) is 3. The average molecular weight is 276 g/mol. The smallest absolute Gasteiger partial charge is 0.315 e. The van der Waals surface area contributed by atoms with Gasteiger partial charge >= 0.3 is 12.0 Å². The molecular formula is C15H20N2O3. The van der Waals surface area contributed by atoms with E-state index in [0.717, 1.165) is 12.0 Å². The van der Waals surface area contributed by atoms with Crippen LogP contribution in [0.5, 0.6) is 0 Å². The Hall–Kier alpha value is -2.04. The summed E-state index contributed by atoms with van der Waals surface area (Å²) in [7, 11) is 0. The molecule has 0 radical (unpaired) electrons. The number of rotatable bonds is 5. The van der Waals surface area contributed by atoms with Crippen LogP contribution in [0.1, 0.15) is 30.4 Å². The van der Waals surface area contributed by atoms with E-state index in [4.69, 9.17) is 5.11 Å². The van der Waals surface area contributed by atoms with Crippen LogP contribution in [-0.2, 0) is 11.3 Å². The standard InChI is InChI=1S/C15H20N2O3/c1-11-3-5-12(6-4-11)9-16-14(20)17-10-15(13(18)19)7-2-8-15/h3-6H,2,7-10H2,1H3,(H,18,19)(H2,16,17,20). The van der Waals surface area contributed by atoms with Crippen LogP contribution in [-0.4, -0.2) is 23.7 Å². The Balaban J connectivity index is 1.75. The molecule has 5 heteroatoms. The van der Waals surface area contributed by atoms with E-state index in [2.05, 4.69) is 10.6 Å². The summed E-state index contributed by atoms with van der Waals surface area (Å²) in [5.74, 6) is -0.817. The molecule has 0 heterocycles. The second-order valence-corrected chi connectivity index (χ2v) is 5.46. The van der Waals surface area contributed by atoms with Crippen LogP contribution in [0.25, 0.3) is 0 Å². The third-order valence-corrected chi connectivity index (χ3v) is 3.93. The lowest BCUT2D eigenvalue weighted by molar-refractivity contribution is -0.153. The molecule has 1 aliphatic rings. The van der Waals surface area contributed by atoms with Crippen molar-refractivity contribution in [3.63, 3.8) is 0 Å². The number of carboxylic acid groups (broad SMARTS) is 1. The number of benzene rings is 1. The zero-order chi connectivity index (χ0) is 14.6. The van der Waals surface area contributed by atoms with Gasteiger partial charge in [-0.05, 0) is 25.3 Å². The number of carbonyl (C=O) groups excluding carboxylic acids is 1. The molecule has 0 bridgehead atoms. The Bertz CT molecular complexity index is 492. The number of aryl methyl sites for hydroxylation is 1. The Morgan fingerprint density at radius 1 is 1.20 bits per heavy atom. The van der Waals surface area contributed by atoms with Gasteiger partial charge in [-0.1, -0.05) is 36.2 Å². The topological polar surface area (TPSA) is 78.4 Å². The summed E-state index contributed by atoms with van der Waals surface area (Å²) in [4.78, 5) is 22.8. The molecule has 1 aromatic rings. The highest BCUT2D eigenvalue weighted by Gasteiger charge is 2.44. The summed E-state index contributed by atoms with van der Waals surface area (Å²) < 4.78 is 0. The lowest BCUT2D eigenvalue weighted by Gasteiger charge is -2.37. The van der Waals surface area contributed by atoms with Crippen LogP contribution in [0.2, 0.25) is 0 Å². The Kier molecular flexibility index (Phi) is 4.27. The minimum Gasteiger partial charge on any atom is -0.481 e. The summed E-state index contributed by atoms with van der Waals surface area (Å²) in [5.41, 5.74) is 1.44. The molecule has 20 heavy (non-hydrogen) atoms. The van der Waals surface area contributed by atoms with Crippen molar-refractivity contribution < 1.29 is 14.7 Å². The van der Waals surface area contributed by atoms with Crippen molar-refractivity contribution in [2.75, 3.05) is 6.54 Å². The number of hydrogen-bond acceptors (Lipinski definition) is 2. The van der Waals surface area contributed by atoms with E-state index < -0.39 is 11.4 Å². The van der Waals surface area contributed by atoms with Crippen molar-refractivity contribution in [1.82, 2.24) is 10.6 Å². The van der Waals surface area contributed by atoms with Gasteiger partial charge in [0.15, 0.2) is 0 Å². The molecule has 0 aromatic heterocycles. The molecule has 2 rings (SSSR count). The second-order valence-electron chi connectivity index (χ2n) is 5.46. The molecular weight excluding hydrogens is 256 g/mol. The molecule has 3 N–H and O–H groups in total. The quantitative estimate of drug-likeness (QED) is 0.770. The number of aliphatic carboxylic acids is 1. The molecule has 1 fully saturated rings. The first-order valence-corrected chi connectivity index (χ1v) is 6.82. The van der Waals surface area contributed by atoms with Crippen LogP contribution in [0.15, 0.2) is 24.3 Å². The first-order chi connectivity index (χ1) is 9.52. The predicted octanol–water partition coefficient (Wildman–Crippen LogP) is 2.05. The van der Waals surface area contributed by atoms with E-state index in [0.29, 0.717) is 19.4 Å². The monoisotopic (exact) mass is 276 g/mol. The third-order valence-electron chi connectivity index (χ3n) is 3.93. The molecule has 1 saturated carbocycles. The summed E-state index contributed by atoms with van der Waals surface area (Å²) in [6.07, 6.45) is 2.19. The summed E-state index contributed by atoms with van der Waals surface area (Å²) in [5, 5.41) is 14.6. The van der Waals surface area contributed by atoms with Crippen molar-refractivity contribution in [1.29, 1.82) is 0 Å². The van der Waals surface area contributed by atoms with Gasteiger partial charge in [0.1, 0.15) is 0 Å². The van der Waals surface area contributed by atoms with E-state index in [1.807, 2.05) is 31.2 Å². The predicted molar refractivity (Wildman–Crippen MR) is 75.3 cm³/mol. The Labute approximate surface area is 118 Å². The zero-order valence-corrected chi connectivity index (χ0v) is 11.6. The molecule has 1 aromatic carbocycles. The maximum Gasteiger partial charge on any atom is 0.315 e. The van der Waals surface area contributed by atoms with E-state index in [9.17, 15) is 9.59 Å². The molecule has 0 unspecified atom stereocenters. The van der Waals surface area contributed by atoms with Crippen LogP contribution >= 0.6 is 0 Å². The van der Waals surface area contributed by atoms with E-state index >= 15 is 0 Å². The van der Waals surface area contributed by atoms with Crippen molar-refractivity contribution in [3.8, 4) is 0 Å². The third kappa shape index (κ3) is 3.29. The fraction of sp³-hybridized carbons (Fsp3) is 0.467. The SMILES string of the molecule is Cc1ccc(CNC(=O)NCC2(C(=O)O)CCC2)cc1. The van der Waals surface area contributed by atoms with Crippen LogP contribution < -0.4 is 10.6 Å². The maximum atomic E-state index is 11.7. The first-order valence-electron chi connectivity index (χ1n) is 6.82. The first kappa shape index (κ1) is 14.4. The van der Waals surface area contributed by atoms with E-state index in [1.165, 1.54) is 5.56 Å². The highest BCUT2D eigenvalue weighted by Crippen LogP contribution is 2.40. The van der Waals surface area contributed by atoms with E-state index in [1.54, 1.807) is 0 Å². The van der Waals surface area contributed by atoms with Gasteiger partial charge in [-0.25, -0.2) is 4.79 Å². The largest absolute Gasteiger partial charge is 0.481 e. The lowest BCUT2D eigenvalue weighted by atomic mass is 9.69. The van der Waals surface area contributed by atoms with Crippen LogP contribution in [0, 0.1) is 12.3 Å². The molecule has 0 atom stereocenters. The summed E-state index contributed by atoms with van der Waals surface area (Å²) >= 11 is 0. The number of carboxylic acids is 1. The number of urea groups is 1. The minimum absolute atomic E-state index is 0.196. The van der Waals surface area contributed by atoms with E-state index in [-0.39, 0.29) is 12.6 Å². The molecule has 5 nitrogen and oxygen atoms in total. The molecule has 0 aliphatic heterocycles. The van der Waals surface area contributed by atoms with Crippen molar-refractivity contribution in [3.05, 3.63) is 35.4 Å². The van der Waals surface area contributed by atoms with Crippen LogP contribution in [0.3, 0.4) is 0 Å². The second kappa shape index (κ2) is 5.94. The van der Waals surface area contributed by atoms with Gasteiger partial charge < -0.3 is 15.7 Å². The highest BCUT2D eigenvalue weighted by atomic mass is 16.4. The van der Waals surface area contributed by atoms with Gasteiger partial charge in [0, 0.05) is 13.1 Å². The highest BCUT2D eigenvalue weighted by molar-refractivity contribution is 5.78. The molecule has 0 saturated heterocycles.